The van der Waals surface area contributed by atoms with Gasteiger partial charge in [-0.2, -0.15) is 0 Å². The molecule has 0 saturated carbocycles. The average Bonchev–Trinajstić information content (AvgIpc) is 1.61. The van der Waals surface area contributed by atoms with Crippen LogP contribution in [0.4, 0.5) is 0 Å². The van der Waals surface area contributed by atoms with Gasteiger partial charge in [0.15, 0.2) is 0 Å². The van der Waals surface area contributed by atoms with Crippen molar-refractivity contribution in [3.8, 4) is 0 Å². The van der Waals surface area contributed by atoms with E-state index >= 15 is 0 Å². The van der Waals surface area contributed by atoms with Crippen molar-refractivity contribution < 1.29 is 0 Å². The molecule has 0 aromatic rings. The van der Waals surface area contributed by atoms with Gasteiger partial charge in [0, 0.05) is 10.2 Å². The molecule has 0 atom stereocenters. The minimum Gasteiger partial charge on any atom is -0.0919 e. The van der Waals surface area contributed by atoms with E-state index in [9.17, 15) is 0 Å². The standard InChI is InChI=1S/C5H8Si/c1-2-3-4-5-6/h3-4H,1-2,5H2/b4-3+. The van der Waals surface area contributed by atoms with E-state index in [1.54, 1.807) is 0 Å². The van der Waals surface area contributed by atoms with Crippen LogP contribution in [0.25, 0.3) is 0 Å². The summed E-state index contributed by atoms with van der Waals surface area (Å²) in [4.78, 5) is 0. The molecule has 32 valence electrons. The van der Waals surface area contributed by atoms with Gasteiger partial charge in [0.05, 0.1) is 0 Å². The molecule has 0 aromatic heterocycles. The SMILES string of the molecule is [CH2]C/C=C/C[Si]. The molecule has 0 amide bonds. The summed E-state index contributed by atoms with van der Waals surface area (Å²) < 4.78 is 0. The number of allylic oxidation sites excluding steroid dienone is 2. The Morgan fingerprint density at radius 1 is 1.50 bits per heavy atom. The summed E-state index contributed by atoms with van der Waals surface area (Å²) in [6, 6.07) is 0.940. The molecule has 0 spiro atoms. The molecule has 0 aromatic carbocycles. The van der Waals surface area contributed by atoms with Crippen LogP contribution < -0.4 is 0 Å². The van der Waals surface area contributed by atoms with Gasteiger partial charge >= 0.3 is 0 Å². The van der Waals surface area contributed by atoms with Crippen molar-refractivity contribution in [2.45, 2.75) is 12.5 Å². The molecule has 0 aliphatic rings. The normalized spacial score (nSPS) is 10.3. The Kier molecular flexibility index (Phi) is 4.92. The predicted molar refractivity (Wildman–Crippen MR) is 29.7 cm³/mol. The van der Waals surface area contributed by atoms with Crippen LogP contribution in [-0.2, 0) is 0 Å². The second kappa shape index (κ2) is 4.96. The molecule has 0 aliphatic heterocycles. The first-order valence-corrected chi connectivity index (χ1v) is 2.71. The summed E-state index contributed by atoms with van der Waals surface area (Å²) in [5.74, 6) is 0. The highest BCUT2D eigenvalue weighted by molar-refractivity contribution is 6.09. The fourth-order valence-corrected chi connectivity index (χ4v) is 0.368. The van der Waals surface area contributed by atoms with Crippen molar-refractivity contribution in [2.75, 3.05) is 0 Å². The molecule has 0 fully saturated rings. The van der Waals surface area contributed by atoms with Crippen LogP contribution in [0, 0.1) is 6.92 Å². The van der Waals surface area contributed by atoms with Gasteiger partial charge in [0.2, 0.25) is 0 Å². The Balaban J connectivity index is 2.73. The topological polar surface area (TPSA) is 0 Å². The highest BCUT2D eigenvalue weighted by atomic mass is 28.1. The maximum absolute atomic E-state index is 3.61. The highest BCUT2D eigenvalue weighted by Gasteiger charge is 1.60. The molecule has 0 rings (SSSR count). The van der Waals surface area contributed by atoms with Crippen LogP contribution in [0.3, 0.4) is 0 Å². The van der Waals surface area contributed by atoms with Gasteiger partial charge in [-0.25, -0.2) is 0 Å². The Morgan fingerprint density at radius 3 is 2.33 bits per heavy atom. The smallest absolute Gasteiger partial charge is 0.0275 e. The molecular formula is C5H8Si. The third kappa shape index (κ3) is 3.96. The first-order chi connectivity index (χ1) is 2.91. The lowest BCUT2D eigenvalue weighted by Gasteiger charge is -1.72. The molecular weight excluding hydrogens is 88.1 g/mol. The van der Waals surface area contributed by atoms with E-state index < -0.39 is 0 Å². The number of hydrogen-bond donors (Lipinski definition) is 0. The van der Waals surface area contributed by atoms with Crippen molar-refractivity contribution in [1.29, 1.82) is 0 Å². The van der Waals surface area contributed by atoms with Gasteiger partial charge in [-0.15, -0.1) is 0 Å². The van der Waals surface area contributed by atoms with Crippen molar-refractivity contribution in [2.24, 2.45) is 0 Å². The zero-order chi connectivity index (χ0) is 4.83. The zero-order valence-electron chi connectivity index (χ0n) is 3.78. The van der Waals surface area contributed by atoms with Gasteiger partial charge < -0.3 is 0 Å². The summed E-state index contributed by atoms with van der Waals surface area (Å²) in [7, 11) is 3.28. The van der Waals surface area contributed by atoms with E-state index in [2.05, 4.69) is 17.2 Å². The minimum absolute atomic E-state index is 0.893. The van der Waals surface area contributed by atoms with Gasteiger partial charge in [-0.05, 0) is 19.4 Å². The van der Waals surface area contributed by atoms with Gasteiger partial charge in [0.25, 0.3) is 0 Å². The van der Waals surface area contributed by atoms with E-state index in [1.165, 1.54) is 0 Å². The summed E-state index contributed by atoms with van der Waals surface area (Å²) in [6.45, 7) is 3.61. The third-order valence-electron chi connectivity index (χ3n) is 0.451. The zero-order valence-corrected chi connectivity index (χ0v) is 4.78. The summed E-state index contributed by atoms with van der Waals surface area (Å²) >= 11 is 0. The van der Waals surface area contributed by atoms with Crippen LogP contribution in [-0.4, -0.2) is 10.2 Å². The molecule has 0 saturated heterocycles. The number of hydrogen-bond acceptors (Lipinski definition) is 0. The van der Waals surface area contributed by atoms with Gasteiger partial charge in [0.1, 0.15) is 0 Å². The predicted octanol–water partition coefficient (Wildman–Crippen LogP) is 1.35. The Hall–Kier alpha value is -0.0431. The van der Waals surface area contributed by atoms with Crippen LogP contribution in [0.1, 0.15) is 6.42 Å². The van der Waals surface area contributed by atoms with Crippen molar-refractivity contribution in [3.05, 3.63) is 19.1 Å². The second-order valence-corrected chi connectivity index (χ2v) is 1.37. The Morgan fingerprint density at radius 2 is 2.17 bits per heavy atom. The largest absolute Gasteiger partial charge is 0.0919 e. The quantitative estimate of drug-likeness (QED) is 0.359. The van der Waals surface area contributed by atoms with Crippen LogP contribution in [0.2, 0.25) is 6.04 Å². The molecule has 0 unspecified atom stereocenters. The fourth-order valence-electron chi connectivity index (χ4n) is 0.201. The lowest BCUT2D eigenvalue weighted by molar-refractivity contribution is 1.38. The summed E-state index contributed by atoms with van der Waals surface area (Å²) in [5.41, 5.74) is 0. The highest BCUT2D eigenvalue weighted by Crippen LogP contribution is 1.79. The third-order valence-corrected chi connectivity index (χ3v) is 0.687. The Bertz CT molecular complexity index is 33.2. The molecule has 0 heterocycles. The fraction of sp³-hybridized carbons (Fsp3) is 0.400. The second-order valence-electron chi connectivity index (χ2n) is 0.964. The molecule has 0 nitrogen and oxygen atoms in total. The lowest BCUT2D eigenvalue weighted by Crippen LogP contribution is -1.56. The molecule has 1 heteroatoms. The lowest BCUT2D eigenvalue weighted by atomic mass is 10.4. The first kappa shape index (κ1) is 5.96. The molecule has 0 N–H and O–H groups in total. The molecule has 0 aliphatic carbocycles. The number of rotatable bonds is 2. The first-order valence-electron chi connectivity index (χ1n) is 2.00. The van der Waals surface area contributed by atoms with E-state index in [4.69, 9.17) is 0 Å². The maximum atomic E-state index is 3.61. The molecule has 0 bridgehead atoms. The van der Waals surface area contributed by atoms with E-state index in [1.807, 2.05) is 12.2 Å². The monoisotopic (exact) mass is 96.0 g/mol. The van der Waals surface area contributed by atoms with Gasteiger partial charge in [-0.1, -0.05) is 12.2 Å². The van der Waals surface area contributed by atoms with E-state index in [0.29, 0.717) is 0 Å². The van der Waals surface area contributed by atoms with Crippen LogP contribution in [0.15, 0.2) is 12.2 Å². The van der Waals surface area contributed by atoms with Crippen LogP contribution in [0.5, 0.6) is 0 Å². The van der Waals surface area contributed by atoms with Gasteiger partial charge in [-0.3, -0.25) is 0 Å². The summed E-state index contributed by atoms with van der Waals surface area (Å²) in [5, 5.41) is 0. The Labute approximate surface area is 42.7 Å². The molecule has 4 radical (unpaired) electrons. The van der Waals surface area contributed by atoms with Crippen molar-refractivity contribution >= 4 is 10.2 Å². The maximum Gasteiger partial charge on any atom is 0.0275 e. The van der Waals surface area contributed by atoms with E-state index in [-0.39, 0.29) is 0 Å². The van der Waals surface area contributed by atoms with E-state index in [0.717, 1.165) is 12.5 Å². The van der Waals surface area contributed by atoms with Crippen molar-refractivity contribution in [1.82, 2.24) is 0 Å². The average molecular weight is 96.2 g/mol. The minimum atomic E-state index is 0.893. The summed E-state index contributed by atoms with van der Waals surface area (Å²) in [6.07, 6.45) is 4.95. The van der Waals surface area contributed by atoms with Crippen molar-refractivity contribution in [3.63, 3.8) is 0 Å². The molecule has 6 heavy (non-hydrogen) atoms. The van der Waals surface area contributed by atoms with Crippen LogP contribution >= 0.6 is 0 Å².